The van der Waals surface area contributed by atoms with Gasteiger partial charge in [-0.2, -0.15) is 13.2 Å². The molecule has 1 N–H and O–H groups in total. The van der Waals surface area contributed by atoms with Crippen LogP contribution in [0.5, 0.6) is 0 Å². The molecule has 23 heavy (non-hydrogen) atoms. The van der Waals surface area contributed by atoms with Gasteiger partial charge in [0.15, 0.2) is 0 Å². The normalized spacial score (nSPS) is 15.5. The summed E-state index contributed by atoms with van der Waals surface area (Å²) in [6, 6.07) is -0.382. The largest absolute Gasteiger partial charge is 0.412 e. The van der Waals surface area contributed by atoms with Crippen LogP contribution in [-0.2, 0) is 19.4 Å². The zero-order chi connectivity index (χ0) is 17.0. The van der Waals surface area contributed by atoms with Crippen molar-refractivity contribution < 1.29 is 22.5 Å². The highest BCUT2D eigenvalue weighted by molar-refractivity contribution is 5.74. The summed E-state index contributed by atoms with van der Waals surface area (Å²) >= 11 is 0. The Hall–Kier alpha value is -1.99. The fourth-order valence-electron chi connectivity index (χ4n) is 2.52. The van der Waals surface area contributed by atoms with Gasteiger partial charge in [-0.05, 0) is 12.8 Å². The molecule has 0 aromatic carbocycles. The van der Waals surface area contributed by atoms with Crippen molar-refractivity contribution in [1.82, 2.24) is 15.4 Å². The van der Waals surface area contributed by atoms with E-state index in [-0.39, 0.29) is 32.1 Å². The Kier molecular flexibility index (Phi) is 5.33. The summed E-state index contributed by atoms with van der Waals surface area (Å²) in [7, 11) is 0. The van der Waals surface area contributed by atoms with Gasteiger partial charge in [-0.3, -0.25) is 0 Å². The number of carbonyl (C=O) groups is 1. The number of hydrogen-bond donors (Lipinski definition) is 1. The predicted molar refractivity (Wildman–Crippen MR) is 77.8 cm³/mol. The summed E-state index contributed by atoms with van der Waals surface area (Å²) in [5, 5.41) is 6.69. The Morgan fingerprint density at radius 1 is 1.39 bits per heavy atom. The molecule has 2 heterocycles. The maximum absolute atomic E-state index is 12.6. The molecule has 0 fully saturated rings. The van der Waals surface area contributed by atoms with Gasteiger partial charge in [-0.25, -0.2) is 4.79 Å². The van der Waals surface area contributed by atoms with Crippen molar-refractivity contribution in [2.24, 2.45) is 0 Å². The Morgan fingerprint density at radius 2 is 2.13 bits per heavy atom. The van der Waals surface area contributed by atoms with Crippen LogP contribution in [0.15, 0.2) is 16.2 Å². The third kappa shape index (κ3) is 4.05. The van der Waals surface area contributed by atoms with Crippen LogP contribution < -0.4 is 5.32 Å². The van der Waals surface area contributed by atoms with Gasteiger partial charge >= 0.3 is 12.2 Å². The van der Waals surface area contributed by atoms with Crippen molar-refractivity contribution in [1.29, 1.82) is 0 Å². The van der Waals surface area contributed by atoms with Gasteiger partial charge in [0.25, 0.3) is 0 Å². The number of rotatable bonds is 4. The SMILES string of the molecule is CCc1noc(CC)c1CNC(=O)N1CC=C(C(F)(F)F)CC1. The minimum atomic E-state index is -4.31. The molecule has 0 aliphatic carbocycles. The number of alkyl halides is 3. The van der Waals surface area contributed by atoms with E-state index in [0.717, 1.165) is 23.1 Å². The van der Waals surface area contributed by atoms with E-state index in [4.69, 9.17) is 4.52 Å². The maximum Gasteiger partial charge on any atom is 0.412 e. The monoisotopic (exact) mass is 331 g/mol. The van der Waals surface area contributed by atoms with Gasteiger partial charge in [0, 0.05) is 37.2 Å². The highest BCUT2D eigenvalue weighted by atomic mass is 19.4. The first kappa shape index (κ1) is 17.4. The molecule has 1 aliphatic rings. The third-order valence-corrected chi connectivity index (χ3v) is 3.88. The summed E-state index contributed by atoms with van der Waals surface area (Å²) in [4.78, 5) is 13.5. The van der Waals surface area contributed by atoms with Crippen LogP contribution in [0.25, 0.3) is 0 Å². The maximum atomic E-state index is 12.6. The Balaban J connectivity index is 1.94. The van der Waals surface area contributed by atoms with Crippen LogP contribution in [0.1, 0.15) is 37.3 Å². The first-order valence-corrected chi connectivity index (χ1v) is 7.62. The molecule has 5 nitrogen and oxygen atoms in total. The summed E-state index contributed by atoms with van der Waals surface area (Å²) in [5.74, 6) is 0.722. The summed E-state index contributed by atoms with van der Waals surface area (Å²) in [6.07, 6.45) is -2.06. The number of amides is 2. The molecular formula is C15H20F3N3O2. The standard InChI is InChI=1S/C15H20F3N3O2/c1-3-12-11(13(4-2)23-20-12)9-19-14(22)21-7-5-10(6-8-21)15(16,17)18/h5H,3-4,6-9H2,1-2H3,(H,19,22). The quantitative estimate of drug-likeness (QED) is 0.862. The van der Waals surface area contributed by atoms with Crippen molar-refractivity contribution in [3.05, 3.63) is 28.7 Å². The number of urea groups is 1. The number of carbonyl (C=O) groups excluding carboxylic acids is 1. The van der Waals surface area contributed by atoms with Crippen LogP contribution in [0.2, 0.25) is 0 Å². The molecule has 0 spiro atoms. The van der Waals surface area contributed by atoms with E-state index in [1.54, 1.807) is 0 Å². The molecular weight excluding hydrogens is 311 g/mol. The van der Waals surface area contributed by atoms with Crippen LogP contribution >= 0.6 is 0 Å². The summed E-state index contributed by atoms with van der Waals surface area (Å²) < 4.78 is 42.9. The first-order chi connectivity index (χ1) is 10.9. The Labute approximate surface area is 132 Å². The second kappa shape index (κ2) is 7.06. The van der Waals surface area contributed by atoms with Gasteiger partial charge < -0.3 is 14.7 Å². The van der Waals surface area contributed by atoms with Crippen LogP contribution in [0, 0.1) is 0 Å². The third-order valence-electron chi connectivity index (χ3n) is 3.88. The lowest BCUT2D eigenvalue weighted by molar-refractivity contribution is -0.0956. The number of aryl methyl sites for hydroxylation is 2. The molecule has 8 heteroatoms. The van der Waals surface area contributed by atoms with E-state index in [1.807, 2.05) is 13.8 Å². The van der Waals surface area contributed by atoms with E-state index in [0.29, 0.717) is 12.8 Å². The highest BCUT2D eigenvalue weighted by Gasteiger charge is 2.35. The number of halogens is 3. The van der Waals surface area contributed by atoms with E-state index >= 15 is 0 Å². The molecule has 1 aromatic rings. The van der Waals surface area contributed by atoms with Crippen molar-refractivity contribution >= 4 is 6.03 Å². The number of aromatic nitrogens is 1. The van der Waals surface area contributed by atoms with Gasteiger partial charge in [0.1, 0.15) is 5.76 Å². The van der Waals surface area contributed by atoms with Crippen LogP contribution in [-0.4, -0.2) is 35.4 Å². The zero-order valence-corrected chi connectivity index (χ0v) is 13.2. The fraction of sp³-hybridized carbons (Fsp3) is 0.600. The molecule has 1 aliphatic heterocycles. The molecule has 0 unspecified atom stereocenters. The molecule has 1 aromatic heterocycles. The van der Waals surface area contributed by atoms with E-state index in [2.05, 4.69) is 10.5 Å². The zero-order valence-electron chi connectivity index (χ0n) is 13.2. The number of nitrogens with one attached hydrogen (secondary N) is 1. The number of hydrogen-bond acceptors (Lipinski definition) is 3. The molecule has 0 bridgehead atoms. The summed E-state index contributed by atoms with van der Waals surface area (Å²) in [5.41, 5.74) is 1.08. The lowest BCUT2D eigenvalue weighted by Crippen LogP contribution is -2.43. The van der Waals surface area contributed by atoms with Crippen molar-refractivity contribution in [3.63, 3.8) is 0 Å². The molecule has 0 atom stereocenters. The van der Waals surface area contributed by atoms with Gasteiger partial charge in [0.05, 0.1) is 5.69 Å². The average Bonchev–Trinajstić information content (AvgIpc) is 2.93. The Morgan fingerprint density at radius 3 is 2.65 bits per heavy atom. The second-order valence-electron chi connectivity index (χ2n) is 5.32. The molecule has 128 valence electrons. The van der Waals surface area contributed by atoms with E-state index in [1.165, 1.54) is 4.90 Å². The van der Waals surface area contributed by atoms with Crippen LogP contribution in [0.3, 0.4) is 0 Å². The second-order valence-corrected chi connectivity index (χ2v) is 5.32. The minimum absolute atomic E-state index is 0.0361. The van der Waals surface area contributed by atoms with E-state index < -0.39 is 11.7 Å². The average molecular weight is 331 g/mol. The number of nitrogens with zero attached hydrogens (tertiary/aromatic N) is 2. The molecule has 0 saturated carbocycles. The smallest absolute Gasteiger partial charge is 0.361 e. The minimum Gasteiger partial charge on any atom is -0.361 e. The van der Waals surface area contributed by atoms with Gasteiger partial charge in [0.2, 0.25) is 0 Å². The molecule has 2 amide bonds. The van der Waals surface area contributed by atoms with Crippen molar-refractivity contribution in [3.8, 4) is 0 Å². The summed E-state index contributed by atoms with van der Waals surface area (Å²) in [6.45, 7) is 4.16. The van der Waals surface area contributed by atoms with Crippen molar-refractivity contribution in [2.45, 2.75) is 45.8 Å². The molecule has 0 radical (unpaired) electrons. The Bertz CT molecular complexity index is 572. The van der Waals surface area contributed by atoms with Gasteiger partial charge in [-0.15, -0.1) is 0 Å². The van der Waals surface area contributed by atoms with Crippen LogP contribution in [0.4, 0.5) is 18.0 Å². The van der Waals surface area contributed by atoms with Crippen molar-refractivity contribution in [2.75, 3.05) is 13.1 Å². The van der Waals surface area contributed by atoms with E-state index in [9.17, 15) is 18.0 Å². The predicted octanol–water partition coefficient (Wildman–Crippen LogP) is 3.20. The fourth-order valence-corrected chi connectivity index (χ4v) is 2.52. The highest BCUT2D eigenvalue weighted by Crippen LogP contribution is 2.30. The lowest BCUT2D eigenvalue weighted by atomic mass is 10.1. The topological polar surface area (TPSA) is 58.4 Å². The molecule has 0 saturated heterocycles. The molecule has 2 rings (SSSR count). The lowest BCUT2D eigenvalue weighted by Gasteiger charge is -2.27. The van der Waals surface area contributed by atoms with Gasteiger partial charge in [-0.1, -0.05) is 25.1 Å². The first-order valence-electron chi connectivity index (χ1n) is 7.62.